The highest BCUT2D eigenvalue weighted by molar-refractivity contribution is 6.23. The molecule has 0 amide bonds. The first-order chi connectivity index (χ1) is 15.7. The van der Waals surface area contributed by atoms with Gasteiger partial charge in [-0.15, -0.1) is 0 Å². The van der Waals surface area contributed by atoms with Gasteiger partial charge in [0.15, 0.2) is 0 Å². The van der Waals surface area contributed by atoms with Gasteiger partial charge in [0, 0.05) is 28.7 Å². The maximum Gasteiger partial charge on any atom is 0.118 e. The van der Waals surface area contributed by atoms with Crippen LogP contribution in [0.15, 0.2) is 103 Å². The Morgan fingerprint density at radius 2 is 1.34 bits per heavy atom. The standard InChI is InChI=1S/C30H23NO/c1-31-28-17-14-22(20-12-15-24(32-2)16-13-20)18-27(28)29-26(21-8-4-3-5-9-21)19-23-10-6-7-11-25(23)30(29)31/h3-19H,1-2H3. The van der Waals surface area contributed by atoms with E-state index in [1.165, 1.54) is 54.8 Å². The van der Waals surface area contributed by atoms with Crippen molar-refractivity contribution in [3.63, 3.8) is 0 Å². The molecule has 0 aliphatic rings. The summed E-state index contributed by atoms with van der Waals surface area (Å²) in [5.74, 6) is 0.873. The highest BCUT2D eigenvalue weighted by Crippen LogP contribution is 2.41. The number of hydrogen-bond donors (Lipinski definition) is 0. The summed E-state index contributed by atoms with van der Waals surface area (Å²) < 4.78 is 7.68. The van der Waals surface area contributed by atoms with Crippen LogP contribution >= 0.6 is 0 Å². The van der Waals surface area contributed by atoms with E-state index >= 15 is 0 Å². The third-order valence-corrected chi connectivity index (χ3v) is 6.49. The topological polar surface area (TPSA) is 14.2 Å². The van der Waals surface area contributed by atoms with E-state index in [-0.39, 0.29) is 0 Å². The van der Waals surface area contributed by atoms with Crippen molar-refractivity contribution >= 4 is 32.6 Å². The number of aromatic nitrogens is 1. The van der Waals surface area contributed by atoms with E-state index in [2.05, 4.69) is 103 Å². The average molecular weight is 414 g/mol. The van der Waals surface area contributed by atoms with E-state index in [1.54, 1.807) is 7.11 Å². The highest BCUT2D eigenvalue weighted by Gasteiger charge is 2.17. The first-order valence-corrected chi connectivity index (χ1v) is 10.9. The van der Waals surface area contributed by atoms with Crippen molar-refractivity contribution in [3.8, 4) is 28.0 Å². The quantitative estimate of drug-likeness (QED) is 0.288. The largest absolute Gasteiger partial charge is 0.497 e. The van der Waals surface area contributed by atoms with Gasteiger partial charge >= 0.3 is 0 Å². The fraction of sp³-hybridized carbons (Fsp3) is 0.0667. The zero-order valence-electron chi connectivity index (χ0n) is 18.2. The Balaban J connectivity index is 1.73. The van der Waals surface area contributed by atoms with Gasteiger partial charge in [-0.2, -0.15) is 0 Å². The van der Waals surface area contributed by atoms with Gasteiger partial charge in [0.25, 0.3) is 0 Å². The Morgan fingerprint density at radius 3 is 2.12 bits per heavy atom. The Labute approximate surface area is 187 Å². The summed E-state index contributed by atoms with van der Waals surface area (Å²) >= 11 is 0. The monoisotopic (exact) mass is 413 g/mol. The minimum Gasteiger partial charge on any atom is -0.497 e. The van der Waals surface area contributed by atoms with E-state index in [0.717, 1.165) is 5.75 Å². The summed E-state index contributed by atoms with van der Waals surface area (Å²) in [6.07, 6.45) is 0. The second kappa shape index (κ2) is 7.28. The molecule has 0 N–H and O–H groups in total. The molecule has 5 aromatic carbocycles. The van der Waals surface area contributed by atoms with Gasteiger partial charge in [0.1, 0.15) is 5.75 Å². The van der Waals surface area contributed by atoms with Gasteiger partial charge in [0.2, 0.25) is 0 Å². The summed E-state index contributed by atoms with van der Waals surface area (Å²) in [4.78, 5) is 0. The molecule has 0 saturated heterocycles. The van der Waals surface area contributed by atoms with E-state index in [9.17, 15) is 0 Å². The highest BCUT2D eigenvalue weighted by atomic mass is 16.5. The van der Waals surface area contributed by atoms with Crippen molar-refractivity contribution in [1.82, 2.24) is 4.57 Å². The Morgan fingerprint density at radius 1 is 0.625 bits per heavy atom. The fourth-order valence-corrected chi connectivity index (χ4v) is 4.91. The van der Waals surface area contributed by atoms with Crippen LogP contribution < -0.4 is 4.74 Å². The normalized spacial score (nSPS) is 11.4. The maximum atomic E-state index is 5.34. The Hall–Kier alpha value is -4.04. The molecule has 0 spiro atoms. The number of rotatable bonds is 3. The zero-order chi connectivity index (χ0) is 21.7. The lowest BCUT2D eigenvalue weighted by Gasteiger charge is -2.10. The summed E-state index contributed by atoms with van der Waals surface area (Å²) in [7, 11) is 3.88. The minimum absolute atomic E-state index is 0.873. The molecular formula is C30H23NO. The fourth-order valence-electron chi connectivity index (χ4n) is 4.91. The van der Waals surface area contributed by atoms with Crippen molar-refractivity contribution in [2.75, 3.05) is 7.11 Å². The number of nitrogens with zero attached hydrogens (tertiary/aromatic N) is 1. The SMILES string of the molecule is COc1ccc(-c2ccc3c(c2)c2c(-c4ccccc4)cc4ccccc4c2n3C)cc1. The summed E-state index contributed by atoms with van der Waals surface area (Å²) in [5, 5.41) is 5.13. The van der Waals surface area contributed by atoms with Crippen LogP contribution in [0.1, 0.15) is 0 Å². The predicted molar refractivity (Wildman–Crippen MR) is 135 cm³/mol. The molecule has 2 nitrogen and oxygen atoms in total. The van der Waals surface area contributed by atoms with Crippen LogP contribution in [-0.2, 0) is 7.05 Å². The van der Waals surface area contributed by atoms with Crippen LogP contribution in [0.25, 0.3) is 54.8 Å². The molecule has 0 saturated carbocycles. The van der Waals surface area contributed by atoms with Gasteiger partial charge in [-0.05, 0) is 58.0 Å². The Bertz CT molecular complexity index is 1590. The lowest BCUT2D eigenvalue weighted by molar-refractivity contribution is 0.415. The van der Waals surface area contributed by atoms with Crippen LogP contribution in [0.3, 0.4) is 0 Å². The maximum absolute atomic E-state index is 5.34. The lowest BCUT2D eigenvalue weighted by atomic mass is 9.94. The number of aryl methyl sites for hydroxylation is 1. The van der Waals surface area contributed by atoms with Crippen LogP contribution in [-0.4, -0.2) is 11.7 Å². The molecule has 0 aliphatic heterocycles. The number of fused-ring (bicyclic) bond motifs is 5. The predicted octanol–water partition coefficient (Wildman–Crippen LogP) is 7.83. The van der Waals surface area contributed by atoms with Gasteiger partial charge < -0.3 is 9.30 Å². The molecule has 32 heavy (non-hydrogen) atoms. The Kier molecular flexibility index (Phi) is 4.26. The molecule has 6 rings (SSSR count). The smallest absolute Gasteiger partial charge is 0.118 e. The molecule has 0 radical (unpaired) electrons. The van der Waals surface area contributed by atoms with Crippen LogP contribution in [0, 0.1) is 0 Å². The molecule has 0 bridgehead atoms. The molecular weight excluding hydrogens is 390 g/mol. The van der Waals surface area contributed by atoms with Gasteiger partial charge in [0.05, 0.1) is 12.6 Å². The van der Waals surface area contributed by atoms with E-state index in [4.69, 9.17) is 4.74 Å². The molecule has 154 valence electrons. The van der Waals surface area contributed by atoms with Gasteiger partial charge in [-0.3, -0.25) is 0 Å². The lowest BCUT2D eigenvalue weighted by Crippen LogP contribution is -1.89. The first-order valence-electron chi connectivity index (χ1n) is 10.9. The summed E-state index contributed by atoms with van der Waals surface area (Å²) in [6.45, 7) is 0. The molecule has 6 aromatic rings. The van der Waals surface area contributed by atoms with E-state index in [1.807, 2.05) is 12.1 Å². The van der Waals surface area contributed by atoms with Crippen molar-refractivity contribution in [3.05, 3.63) is 103 Å². The second-order valence-corrected chi connectivity index (χ2v) is 8.25. The molecule has 0 atom stereocenters. The minimum atomic E-state index is 0.873. The van der Waals surface area contributed by atoms with E-state index < -0.39 is 0 Å². The van der Waals surface area contributed by atoms with Gasteiger partial charge in [-0.1, -0.05) is 72.8 Å². The van der Waals surface area contributed by atoms with Crippen LogP contribution in [0.4, 0.5) is 0 Å². The van der Waals surface area contributed by atoms with Crippen molar-refractivity contribution in [2.45, 2.75) is 0 Å². The van der Waals surface area contributed by atoms with Crippen LogP contribution in [0.2, 0.25) is 0 Å². The number of methoxy groups -OCH3 is 1. The molecule has 0 aliphatic carbocycles. The van der Waals surface area contributed by atoms with Crippen molar-refractivity contribution in [2.24, 2.45) is 7.05 Å². The molecule has 0 fully saturated rings. The van der Waals surface area contributed by atoms with Gasteiger partial charge in [-0.25, -0.2) is 0 Å². The molecule has 1 heterocycles. The average Bonchev–Trinajstić information content (AvgIpc) is 3.16. The van der Waals surface area contributed by atoms with Crippen molar-refractivity contribution < 1.29 is 4.74 Å². The number of ether oxygens (including phenoxy) is 1. The molecule has 0 unspecified atom stereocenters. The van der Waals surface area contributed by atoms with E-state index in [0.29, 0.717) is 0 Å². The summed E-state index contributed by atoms with van der Waals surface area (Å²) in [6, 6.07) is 36.8. The van der Waals surface area contributed by atoms with Crippen LogP contribution in [0.5, 0.6) is 5.75 Å². The zero-order valence-corrected chi connectivity index (χ0v) is 18.2. The second-order valence-electron chi connectivity index (χ2n) is 8.25. The van der Waals surface area contributed by atoms with Crippen molar-refractivity contribution in [1.29, 1.82) is 0 Å². The summed E-state index contributed by atoms with van der Waals surface area (Å²) in [5.41, 5.74) is 7.43. The third kappa shape index (κ3) is 2.80. The first kappa shape index (κ1) is 18.7. The molecule has 2 heteroatoms. The number of hydrogen-bond acceptors (Lipinski definition) is 1. The number of benzene rings is 5. The molecule has 1 aromatic heterocycles. The third-order valence-electron chi connectivity index (χ3n) is 6.49.